The molecule has 0 bridgehead atoms. The number of phenolic OH excluding ortho intramolecular Hbond substituents is 1. The van der Waals surface area contributed by atoms with E-state index < -0.39 is 35.1 Å². The zero-order valence-electron chi connectivity index (χ0n) is 18.8. The molecule has 1 aliphatic heterocycles. The predicted octanol–water partition coefficient (Wildman–Crippen LogP) is 3.29. The van der Waals surface area contributed by atoms with Crippen molar-refractivity contribution in [2.24, 2.45) is 5.41 Å². The molecule has 1 heterocycles. The van der Waals surface area contributed by atoms with Crippen molar-refractivity contribution in [1.29, 1.82) is 0 Å². The third-order valence-corrected chi connectivity index (χ3v) is 6.66. The van der Waals surface area contributed by atoms with Crippen LogP contribution in [0.5, 0.6) is 5.75 Å². The molecule has 1 aromatic carbocycles. The van der Waals surface area contributed by atoms with Crippen LogP contribution in [0.1, 0.15) is 57.1 Å². The summed E-state index contributed by atoms with van der Waals surface area (Å²) >= 11 is 0. The summed E-state index contributed by atoms with van der Waals surface area (Å²) in [7, 11) is 0. The highest BCUT2D eigenvalue weighted by molar-refractivity contribution is 5.84. The molecule has 33 heavy (non-hydrogen) atoms. The van der Waals surface area contributed by atoms with Crippen LogP contribution in [0.15, 0.2) is 18.2 Å². The Morgan fingerprint density at radius 3 is 2.58 bits per heavy atom. The van der Waals surface area contributed by atoms with Gasteiger partial charge in [0.05, 0.1) is 11.0 Å². The largest absolute Gasteiger partial charge is 0.508 e. The van der Waals surface area contributed by atoms with E-state index in [1.807, 2.05) is 0 Å². The SMILES string of the molecule is CC(=O)OC(C)[C@]1(C(=O)NCc2cc(C(F)(F)F)ccc2O)CC[C@@H](NC2CCOCC2)C1. The van der Waals surface area contributed by atoms with E-state index in [1.54, 1.807) is 6.92 Å². The van der Waals surface area contributed by atoms with E-state index in [0.29, 0.717) is 32.5 Å². The average molecular weight is 473 g/mol. The van der Waals surface area contributed by atoms with Crippen LogP contribution in [0, 0.1) is 5.41 Å². The number of rotatable bonds is 7. The quantitative estimate of drug-likeness (QED) is 0.527. The van der Waals surface area contributed by atoms with E-state index in [2.05, 4.69) is 10.6 Å². The van der Waals surface area contributed by atoms with Crippen molar-refractivity contribution in [1.82, 2.24) is 10.6 Å². The molecular formula is C23H31F3N2O5. The molecule has 1 aliphatic carbocycles. The van der Waals surface area contributed by atoms with Crippen molar-refractivity contribution < 1.29 is 37.3 Å². The molecule has 1 unspecified atom stereocenters. The fourth-order valence-corrected chi connectivity index (χ4v) is 4.79. The molecule has 1 saturated heterocycles. The summed E-state index contributed by atoms with van der Waals surface area (Å²) in [5, 5.41) is 16.2. The van der Waals surface area contributed by atoms with Crippen molar-refractivity contribution >= 4 is 11.9 Å². The van der Waals surface area contributed by atoms with Gasteiger partial charge in [0.2, 0.25) is 5.91 Å². The maximum absolute atomic E-state index is 13.3. The van der Waals surface area contributed by atoms with Crippen molar-refractivity contribution in [2.45, 2.75) is 76.9 Å². The van der Waals surface area contributed by atoms with Gasteiger partial charge in [0.1, 0.15) is 11.9 Å². The number of benzene rings is 1. The lowest BCUT2D eigenvalue weighted by Crippen LogP contribution is -2.49. The second kappa shape index (κ2) is 10.3. The number of aromatic hydroxyl groups is 1. The Balaban J connectivity index is 1.73. The summed E-state index contributed by atoms with van der Waals surface area (Å²) in [4.78, 5) is 24.9. The molecule has 3 N–H and O–H groups in total. The van der Waals surface area contributed by atoms with E-state index in [4.69, 9.17) is 9.47 Å². The predicted molar refractivity (Wildman–Crippen MR) is 113 cm³/mol. The van der Waals surface area contributed by atoms with Gasteiger partial charge in [0.15, 0.2) is 0 Å². The first-order valence-corrected chi connectivity index (χ1v) is 11.2. The normalized spacial score (nSPS) is 24.9. The van der Waals surface area contributed by atoms with Gasteiger partial charge in [-0.05, 0) is 57.2 Å². The standard InChI is InChI=1S/C23H31F3N2O5/c1-14(33-15(2)29)22(8-5-19(12-22)28-18-6-9-32-10-7-18)21(31)27-13-16-11-17(23(24,25)26)3-4-20(16)30/h3-4,11,14,18-19,28,30H,5-10,12-13H2,1-2H3,(H,27,31)/t14?,19-,22+/m1/s1. The summed E-state index contributed by atoms with van der Waals surface area (Å²) in [6.45, 7) is 4.02. The summed E-state index contributed by atoms with van der Waals surface area (Å²) in [5.74, 6) is -1.26. The van der Waals surface area contributed by atoms with Gasteiger partial charge in [0.25, 0.3) is 0 Å². The molecule has 2 fully saturated rings. The summed E-state index contributed by atoms with van der Waals surface area (Å²) in [5.41, 5.74) is -1.97. The van der Waals surface area contributed by atoms with E-state index >= 15 is 0 Å². The van der Waals surface area contributed by atoms with E-state index in [-0.39, 0.29) is 29.9 Å². The molecule has 1 saturated carbocycles. The number of carbonyl (C=O) groups is 2. The number of hydrogen-bond donors (Lipinski definition) is 3. The number of ether oxygens (including phenoxy) is 2. The van der Waals surface area contributed by atoms with Gasteiger partial charge in [-0.15, -0.1) is 0 Å². The molecule has 184 valence electrons. The maximum atomic E-state index is 13.3. The first-order valence-electron chi connectivity index (χ1n) is 11.2. The van der Waals surface area contributed by atoms with Gasteiger partial charge < -0.3 is 25.2 Å². The minimum Gasteiger partial charge on any atom is -0.508 e. The van der Waals surface area contributed by atoms with Gasteiger partial charge in [-0.3, -0.25) is 9.59 Å². The topological polar surface area (TPSA) is 96.9 Å². The van der Waals surface area contributed by atoms with Crippen molar-refractivity contribution in [3.05, 3.63) is 29.3 Å². The molecule has 7 nitrogen and oxygen atoms in total. The van der Waals surface area contributed by atoms with Crippen LogP contribution in [0.25, 0.3) is 0 Å². The van der Waals surface area contributed by atoms with E-state index in [1.165, 1.54) is 6.92 Å². The summed E-state index contributed by atoms with van der Waals surface area (Å²) in [6, 6.07) is 2.90. The van der Waals surface area contributed by atoms with Gasteiger partial charge in [0, 0.05) is 44.3 Å². The number of phenols is 1. The smallest absolute Gasteiger partial charge is 0.416 e. The summed E-state index contributed by atoms with van der Waals surface area (Å²) in [6.07, 6.45) is -1.93. The van der Waals surface area contributed by atoms with Gasteiger partial charge in [-0.25, -0.2) is 0 Å². The monoisotopic (exact) mass is 472 g/mol. The lowest BCUT2D eigenvalue weighted by molar-refractivity contribution is -0.157. The second-order valence-corrected chi connectivity index (χ2v) is 8.92. The van der Waals surface area contributed by atoms with Crippen LogP contribution in [-0.2, 0) is 31.8 Å². The molecule has 1 amide bonds. The number of halogens is 3. The van der Waals surface area contributed by atoms with Crippen LogP contribution in [0.3, 0.4) is 0 Å². The number of alkyl halides is 3. The van der Waals surface area contributed by atoms with Crippen LogP contribution >= 0.6 is 0 Å². The fourth-order valence-electron chi connectivity index (χ4n) is 4.79. The Morgan fingerprint density at radius 2 is 1.94 bits per heavy atom. The molecule has 2 aliphatic rings. The highest BCUT2D eigenvalue weighted by Gasteiger charge is 2.51. The molecule has 10 heteroatoms. The zero-order chi connectivity index (χ0) is 24.2. The van der Waals surface area contributed by atoms with Gasteiger partial charge in [-0.1, -0.05) is 0 Å². The Labute approximate surface area is 191 Å². The minimum atomic E-state index is -4.56. The third kappa shape index (κ3) is 6.17. The number of hydrogen-bond acceptors (Lipinski definition) is 6. The lowest BCUT2D eigenvalue weighted by atomic mass is 9.79. The Kier molecular flexibility index (Phi) is 7.89. The first-order chi connectivity index (χ1) is 15.5. The second-order valence-electron chi connectivity index (χ2n) is 8.92. The minimum absolute atomic E-state index is 0.0386. The van der Waals surface area contributed by atoms with E-state index in [0.717, 1.165) is 31.0 Å². The van der Waals surface area contributed by atoms with E-state index in [9.17, 15) is 27.9 Å². The number of carbonyl (C=O) groups excluding carboxylic acids is 2. The van der Waals surface area contributed by atoms with Crippen LogP contribution in [0.2, 0.25) is 0 Å². The maximum Gasteiger partial charge on any atom is 0.416 e. The highest BCUT2D eigenvalue weighted by atomic mass is 19.4. The molecular weight excluding hydrogens is 441 g/mol. The molecule has 3 atom stereocenters. The summed E-state index contributed by atoms with van der Waals surface area (Å²) < 4.78 is 49.9. The fraction of sp³-hybridized carbons (Fsp3) is 0.652. The van der Waals surface area contributed by atoms with Gasteiger partial charge in [-0.2, -0.15) is 13.2 Å². The molecule has 0 aromatic heterocycles. The lowest BCUT2D eigenvalue weighted by Gasteiger charge is -2.34. The van der Waals surface area contributed by atoms with Crippen molar-refractivity contribution in [2.75, 3.05) is 13.2 Å². The van der Waals surface area contributed by atoms with Crippen molar-refractivity contribution in [3.63, 3.8) is 0 Å². The molecule has 0 spiro atoms. The third-order valence-electron chi connectivity index (χ3n) is 6.66. The van der Waals surface area contributed by atoms with Crippen LogP contribution in [-0.4, -0.2) is 48.4 Å². The molecule has 3 rings (SSSR count). The highest BCUT2D eigenvalue weighted by Crippen LogP contribution is 2.43. The first kappa shape index (κ1) is 25.3. The van der Waals surface area contributed by atoms with Gasteiger partial charge >= 0.3 is 12.1 Å². The Hall–Kier alpha value is -2.33. The number of nitrogens with one attached hydrogen (secondary N) is 2. The number of amides is 1. The average Bonchev–Trinajstić information content (AvgIpc) is 3.17. The zero-order valence-corrected chi connectivity index (χ0v) is 18.8. The number of esters is 1. The molecule has 1 aromatic rings. The molecule has 0 radical (unpaired) electrons. The van der Waals surface area contributed by atoms with Crippen molar-refractivity contribution in [3.8, 4) is 5.75 Å². The Morgan fingerprint density at radius 1 is 1.24 bits per heavy atom. The Bertz CT molecular complexity index is 857. The van der Waals surface area contributed by atoms with Crippen LogP contribution < -0.4 is 10.6 Å². The van der Waals surface area contributed by atoms with Crippen LogP contribution in [0.4, 0.5) is 13.2 Å².